The lowest BCUT2D eigenvalue weighted by molar-refractivity contribution is -0.123. The van der Waals surface area contributed by atoms with Gasteiger partial charge in [-0.1, -0.05) is 19.9 Å². The van der Waals surface area contributed by atoms with E-state index in [9.17, 15) is 4.79 Å². The highest BCUT2D eigenvalue weighted by atomic mass is 16.1. The summed E-state index contributed by atoms with van der Waals surface area (Å²) in [6.45, 7) is 6.43. The first-order valence-electron chi connectivity index (χ1n) is 5.44. The molecule has 80 valence electrons. The molecule has 1 atom stereocenters. The van der Waals surface area contributed by atoms with Crippen LogP contribution in [0.5, 0.6) is 0 Å². The minimum Gasteiger partial charge on any atom is -0.368 e. The van der Waals surface area contributed by atoms with E-state index in [0.717, 1.165) is 12.8 Å². The Balaban J connectivity index is 2.76. The summed E-state index contributed by atoms with van der Waals surface area (Å²) in [5.41, 5.74) is 1.24. The number of hydrogen-bond acceptors (Lipinski definition) is 2. The molecular weight excluding hydrogens is 174 g/mol. The van der Waals surface area contributed by atoms with Gasteiger partial charge < -0.3 is 4.90 Å². The van der Waals surface area contributed by atoms with Gasteiger partial charge in [-0.3, -0.25) is 4.79 Å². The maximum absolute atomic E-state index is 11.8. The first-order chi connectivity index (χ1) is 6.52. The van der Waals surface area contributed by atoms with Crippen molar-refractivity contribution in [3.05, 3.63) is 11.8 Å². The molecule has 0 amide bonds. The van der Waals surface area contributed by atoms with Crippen molar-refractivity contribution >= 4 is 5.78 Å². The molecule has 0 bridgehead atoms. The van der Waals surface area contributed by atoms with E-state index < -0.39 is 0 Å². The van der Waals surface area contributed by atoms with Gasteiger partial charge in [-0.25, -0.2) is 0 Å². The Morgan fingerprint density at radius 1 is 1.57 bits per heavy atom. The van der Waals surface area contributed by atoms with Gasteiger partial charge in [0.25, 0.3) is 0 Å². The number of ketones is 1. The minimum atomic E-state index is 0.105. The first kappa shape index (κ1) is 11.3. The van der Waals surface area contributed by atoms with Gasteiger partial charge in [-0.15, -0.1) is 0 Å². The van der Waals surface area contributed by atoms with Crippen LogP contribution in [0.15, 0.2) is 11.8 Å². The number of carbonyl (C=O) groups excluding carboxylic acids is 1. The lowest BCUT2D eigenvalue weighted by atomic mass is 9.98. The van der Waals surface area contributed by atoms with E-state index in [-0.39, 0.29) is 6.04 Å². The summed E-state index contributed by atoms with van der Waals surface area (Å²) in [5.74, 6) is 0.978. The van der Waals surface area contributed by atoms with E-state index in [0.29, 0.717) is 18.1 Å². The average molecular weight is 195 g/mol. The third-order valence-corrected chi connectivity index (χ3v) is 2.92. The maximum atomic E-state index is 11.8. The first-order valence-corrected chi connectivity index (χ1v) is 5.44. The van der Waals surface area contributed by atoms with Gasteiger partial charge >= 0.3 is 0 Å². The molecule has 2 nitrogen and oxygen atoms in total. The van der Waals surface area contributed by atoms with Crippen LogP contribution in [0.4, 0.5) is 0 Å². The Morgan fingerprint density at radius 2 is 2.21 bits per heavy atom. The van der Waals surface area contributed by atoms with Crippen molar-refractivity contribution in [1.82, 2.24) is 4.90 Å². The van der Waals surface area contributed by atoms with Gasteiger partial charge in [0.15, 0.2) is 5.78 Å². The van der Waals surface area contributed by atoms with Crippen LogP contribution in [0.2, 0.25) is 0 Å². The van der Waals surface area contributed by atoms with Crippen LogP contribution in [-0.2, 0) is 4.79 Å². The number of allylic oxidation sites excluding steroid dienone is 2. The quantitative estimate of drug-likeness (QED) is 0.675. The fourth-order valence-corrected chi connectivity index (χ4v) is 1.93. The van der Waals surface area contributed by atoms with Crippen molar-refractivity contribution in [3.63, 3.8) is 0 Å². The highest BCUT2D eigenvalue weighted by Crippen LogP contribution is 2.21. The van der Waals surface area contributed by atoms with Crippen molar-refractivity contribution in [2.24, 2.45) is 5.92 Å². The fourth-order valence-electron chi connectivity index (χ4n) is 1.93. The van der Waals surface area contributed by atoms with Crippen LogP contribution >= 0.6 is 0 Å². The highest BCUT2D eigenvalue weighted by molar-refractivity contribution is 5.84. The third-order valence-electron chi connectivity index (χ3n) is 2.92. The molecule has 0 N–H and O–H groups in total. The van der Waals surface area contributed by atoms with Crippen molar-refractivity contribution in [1.29, 1.82) is 0 Å². The van der Waals surface area contributed by atoms with E-state index >= 15 is 0 Å². The van der Waals surface area contributed by atoms with E-state index in [1.807, 2.05) is 7.05 Å². The standard InChI is InChI=1S/C12H21NO/c1-9(2)8-11-12(14)7-5-6-10(3)13(11)4/h6,9,11H,5,7-8H2,1-4H3. The predicted octanol–water partition coefficient (Wildman–Crippen LogP) is 2.60. The molecule has 1 unspecified atom stereocenters. The summed E-state index contributed by atoms with van der Waals surface area (Å²) >= 11 is 0. The van der Waals surface area contributed by atoms with Crippen LogP contribution in [0.3, 0.4) is 0 Å². The molecule has 1 aliphatic heterocycles. The van der Waals surface area contributed by atoms with E-state index in [4.69, 9.17) is 0 Å². The molecule has 0 aromatic heterocycles. The Bertz CT molecular complexity index is 243. The molecule has 2 heteroatoms. The summed E-state index contributed by atoms with van der Waals surface area (Å²) in [4.78, 5) is 14.0. The number of likely N-dealkylation sites (N-methyl/N-ethyl adjacent to an activating group) is 1. The summed E-state index contributed by atoms with van der Waals surface area (Å²) in [7, 11) is 2.03. The largest absolute Gasteiger partial charge is 0.368 e. The van der Waals surface area contributed by atoms with Crippen molar-refractivity contribution in [2.45, 2.75) is 46.1 Å². The van der Waals surface area contributed by atoms with Gasteiger partial charge in [0.2, 0.25) is 0 Å². The van der Waals surface area contributed by atoms with Gasteiger partial charge in [-0.2, -0.15) is 0 Å². The molecule has 0 spiro atoms. The van der Waals surface area contributed by atoms with Crippen molar-refractivity contribution < 1.29 is 4.79 Å². The second kappa shape index (κ2) is 4.63. The lowest BCUT2D eigenvalue weighted by Gasteiger charge is -2.29. The van der Waals surface area contributed by atoms with Crippen LogP contribution < -0.4 is 0 Å². The molecule has 0 radical (unpaired) electrons. The SMILES string of the molecule is CC1=CCCC(=O)C(CC(C)C)N1C. The molecule has 14 heavy (non-hydrogen) atoms. The summed E-state index contributed by atoms with van der Waals surface area (Å²) < 4.78 is 0. The third kappa shape index (κ3) is 2.60. The molecule has 1 aliphatic rings. The Kier molecular flexibility index (Phi) is 3.73. The van der Waals surface area contributed by atoms with Gasteiger partial charge in [-0.05, 0) is 25.7 Å². The predicted molar refractivity (Wildman–Crippen MR) is 59.0 cm³/mol. The number of hydrogen-bond donors (Lipinski definition) is 0. The van der Waals surface area contributed by atoms with Crippen LogP contribution in [0.25, 0.3) is 0 Å². The summed E-state index contributed by atoms with van der Waals surface area (Å²) in [6.07, 6.45) is 4.75. The second-order valence-corrected chi connectivity index (χ2v) is 4.61. The second-order valence-electron chi connectivity index (χ2n) is 4.61. The summed E-state index contributed by atoms with van der Waals surface area (Å²) in [5, 5.41) is 0. The number of Topliss-reactive ketones (excluding diaryl/α,β-unsaturated/α-hetero) is 1. The van der Waals surface area contributed by atoms with Crippen molar-refractivity contribution in [2.75, 3.05) is 7.05 Å². The van der Waals surface area contributed by atoms with E-state index in [2.05, 4.69) is 31.7 Å². The highest BCUT2D eigenvalue weighted by Gasteiger charge is 2.25. The Morgan fingerprint density at radius 3 is 2.79 bits per heavy atom. The van der Waals surface area contributed by atoms with Gasteiger partial charge in [0.1, 0.15) is 0 Å². The van der Waals surface area contributed by atoms with Gasteiger partial charge in [0.05, 0.1) is 6.04 Å². The molecular formula is C12H21NO. The number of rotatable bonds is 2. The smallest absolute Gasteiger partial charge is 0.155 e. The zero-order valence-corrected chi connectivity index (χ0v) is 9.71. The normalized spacial score (nSPS) is 23.8. The van der Waals surface area contributed by atoms with Crippen LogP contribution in [0, 0.1) is 5.92 Å². The summed E-state index contributed by atoms with van der Waals surface area (Å²) in [6, 6.07) is 0.105. The maximum Gasteiger partial charge on any atom is 0.155 e. The fraction of sp³-hybridized carbons (Fsp3) is 0.750. The number of carbonyl (C=O) groups is 1. The van der Waals surface area contributed by atoms with Crippen molar-refractivity contribution in [3.8, 4) is 0 Å². The Labute approximate surface area is 87.0 Å². The average Bonchev–Trinajstić information content (AvgIpc) is 2.20. The van der Waals surface area contributed by atoms with Crippen LogP contribution in [-0.4, -0.2) is 23.8 Å². The van der Waals surface area contributed by atoms with E-state index in [1.54, 1.807) is 0 Å². The number of nitrogens with zero attached hydrogens (tertiary/aromatic N) is 1. The topological polar surface area (TPSA) is 20.3 Å². The van der Waals surface area contributed by atoms with Gasteiger partial charge in [0, 0.05) is 19.2 Å². The molecule has 0 saturated heterocycles. The molecule has 1 heterocycles. The Hall–Kier alpha value is -0.790. The monoisotopic (exact) mass is 195 g/mol. The minimum absolute atomic E-state index is 0.105. The molecule has 0 saturated carbocycles. The molecule has 0 fully saturated rings. The molecule has 1 rings (SSSR count). The lowest BCUT2D eigenvalue weighted by Crippen LogP contribution is -2.37. The zero-order chi connectivity index (χ0) is 10.7. The zero-order valence-electron chi connectivity index (χ0n) is 9.71. The molecule has 0 aromatic carbocycles. The van der Waals surface area contributed by atoms with E-state index in [1.165, 1.54) is 5.70 Å². The molecule has 0 aromatic rings. The molecule has 0 aliphatic carbocycles. The van der Waals surface area contributed by atoms with Crippen LogP contribution in [0.1, 0.15) is 40.0 Å².